The SMILES string of the molecule is NC(=O)c1ccc(COC(=O)c2csc(-c3ccc(F)cc3)n2)cc1. The van der Waals surface area contributed by atoms with E-state index in [0.717, 1.165) is 11.1 Å². The van der Waals surface area contributed by atoms with Gasteiger partial charge >= 0.3 is 5.97 Å². The van der Waals surface area contributed by atoms with E-state index in [1.807, 2.05) is 0 Å². The number of rotatable bonds is 5. The molecule has 2 N–H and O–H groups in total. The molecule has 0 radical (unpaired) electrons. The lowest BCUT2D eigenvalue weighted by atomic mass is 10.1. The fourth-order valence-electron chi connectivity index (χ4n) is 2.08. The summed E-state index contributed by atoms with van der Waals surface area (Å²) in [6, 6.07) is 12.3. The van der Waals surface area contributed by atoms with Gasteiger partial charge in [0.2, 0.25) is 5.91 Å². The van der Waals surface area contributed by atoms with Crippen molar-refractivity contribution < 1.29 is 18.7 Å². The van der Waals surface area contributed by atoms with E-state index in [1.54, 1.807) is 41.8 Å². The van der Waals surface area contributed by atoms with E-state index in [1.165, 1.54) is 23.5 Å². The van der Waals surface area contributed by atoms with Crippen LogP contribution in [0.3, 0.4) is 0 Å². The number of nitrogens with zero attached hydrogens (tertiary/aromatic N) is 1. The lowest BCUT2D eigenvalue weighted by Gasteiger charge is -2.04. The summed E-state index contributed by atoms with van der Waals surface area (Å²) in [6.45, 7) is 0.0568. The first-order chi connectivity index (χ1) is 12.0. The average molecular weight is 356 g/mol. The normalized spacial score (nSPS) is 10.4. The number of halogens is 1. The first kappa shape index (κ1) is 16.8. The van der Waals surface area contributed by atoms with E-state index >= 15 is 0 Å². The van der Waals surface area contributed by atoms with Crippen molar-refractivity contribution in [3.05, 3.63) is 76.5 Å². The van der Waals surface area contributed by atoms with E-state index in [9.17, 15) is 14.0 Å². The van der Waals surface area contributed by atoms with Crippen LogP contribution in [0.1, 0.15) is 26.4 Å². The van der Waals surface area contributed by atoms with Gasteiger partial charge in [-0.3, -0.25) is 4.79 Å². The molecular weight excluding hydrogens is 343 g/mol. The Balaban J connectivity index is 1.63. The molecule has 25 heavy (non-hydrogen) atoms. The van der Waals surface area contributed by atoms with Gasteiger partial charge in [0, 0.05) is 16.5 Å². The molecule has 0 spiro atoms. The Morgan fingerprint density at radius 1 is 1.08 bits per heavy atom. The molecule has 0 saturated carbocycles. The largest absolute Gasteiger partial charge is 0.456 e. The predicted molar refractivity (Wildman–Crippen MR) is 91.6 cm³/mol. The van der Waals surface area contributed by atoms with E-state index in [4.69, 9.17) is 10.5 Å². The standard InChI is InChI=1S/C18H13FN2O3S/c19-14-7-5-13(6-8-14)17-21-15(10-25-17)18(23)24-9-11-1-3-12(4-2-11)16(20)22/h1-8,10H,9H2,(H2,20,22). The molecule has 0 fully saturated rings. The van der Waals surface area contributed by atoms with E-state index < -0.39 is 11.9 Å². The molecule has 0 bridgehead atoms. The summed E-state index contributed by atoms with van der Waals surface area (Å²) >= 11 is 1.28. The van der Waals surface area contributed by atoms with Gasteiger partial charge in [-0.05, 0) is 42.0 Å². The number of thiazole rings is 1. The number of hydrogen-bond acceptors (Lipinski definition) is 5. The minimum atomic E-state index is -0.552. The second kappa shape index (κ2) is 7.23. The fraction of sp³-hybridized carbons (Fsp3) is 0.0556. The molecule has 3 aromatic rings. The van der Waals surface area contributed by atoms with Crippen molar-refractivity contribution in [1.29, 1.82) is 0 Å². The van der Waals surface area contributed by atoms with Crippen LogP contribution in [0, 0.1) is 5.82 Å². The highest BCUT2D eigenvalue weighted by atomic mass is 32.1. The van der Waals surface area contributed by atoms with Crippen molar-refractivity contribution in [3.8, 4) is 10.6 Å². The number of nitrogens with two attached hydrogens (primary N) is 1. The molecule has 1 heterocycles. The van der Waals surface area contributed by atoms with Crippen molar-refractivity contribution in [2.24, 2.45) is 5.73 Å². The van der Waals surface area contributed by atoms with Crippen LogP contribution in [0.15, 0.2) is 53.9 Å². The van der Waals surface area contributed by atoms with Crippen LogP contribution >= 0.6 is 11.3 Å². The van der Waals surface area contributed by atoms with Gasteiger partial charge in [-0.2, -0.15) is 0 Å². The van der Waals surface area contributed by atoms with Crippen LogP contribution in [-0.2, 0) is 11.3 Å². The molecule has 0 aliphatic carbocycles. The zero-order valence-corrected chi connectivity index (χ0v) is 13.8. The molecule has 0 unspecified atom stereocenters. The van der Waals surface area contributed by atoms with Crippen LogP contribution in [0.5, 0.6) is 0 Å². The number of primary amides is 1. The number of aromatic nitrogens is 1. The number of ether oxygens (including phenoxy) is 1. The average Bonchev–Trinajstić information content (AvgIpc) is 3.11. The van der Waals surface area contributed by atoms with E-state index in [2.05, 4.69) is 4.98 Å². The highest BCUT2D eigenvalue weighted by Crippen LogP contribution is 2.24. The van der Waals surface area contributed by atoms with Gasteiger partial charge in [0.15, 0.2) is 5.69 Å². The van der Waals surface area contributed by atoms with Gasteiger partial charge in [-0.25, -0.2) is 14.2 Å². The first-order valence-corrected chi connectivity index (χ1v) is 8.18. The van der Waals surface area contributed by atoms with Crippen LogP contribution in [0.4, 0.5) is 4.39 Å². The van der Waals surface area contributed by atoms with Gasteiger partial charge in [0.1, 0.15) is 17.4 Å². The molecule has 1 aromatic heterocycles. The van der Waals surface area contributed by atoms with Crippen molar-refractivity contribution in [3.63, 3.8) is 0 Å². The minimum absolute atomic E-state index is 0.0568. The summed E-state index contributed by atoms with van der Waals surface area (Å²) < 4.78 is 18.2. The molecule has 5 nitrogen and oxygen atoms in total. The molecular formula is C18H13FN2O3S. The quantitative estimate of drug-likeness (QED) is 0.710. The van der Waals surface area contributed by atoms with Gasteiger partial charge in [0.05, 0.1) is 0 Å². The maximum Gasteiger partial charge on any atom is 0.358 e. The summed E-state index contributed by atoms with van der Waals surface area (Å²) in [4.78, 5) is 27.3. The molecule has 7 heteroatoms. The molecule has 126 valence electrons. The number of esters is 1. The second-order valence-corrected chi connectivity index (χ2v) is 6.04. The van der Waals surface area contributed by atoms with Gasteiger partial charge in [0.25, 0.3) is 0 Å². The minimum Gasteiger partial charge on any atom is -0.456 e. The topological polar surface area (TPSA) is 82.3 Å². The predicted octanol–water partition coefficient (Wildman–Crippen LogP) is 3.41. The van der Waals surface area contributed by atoms with Crippen LogP contribution < -0.4 is 5.73 Å². The summed E-state index contributed by atoms with van der Waals surface area (Å²) in [7, 11) is 0. The third-order valence-electron chi connectivity index (χ3n) is 3.41. The number of carbonyl (C=O) groups is 2. The van der Waals surface area contributed by atoms with Crippen LogP contribution in [0.2, 0.25) is 0 Å². The molecule has 1 amide bonds. The highest BCUT2D eigenvalue weighted by Gasteiger charge is 2.13. The number of benzene rings is 2. The third kappa shape index (κ3) is 4.07. The molecule has 2 aromatic carbocycles. The van der Waals surface area contributed by atoms with Crippen molar-refractivity contribution in [2.75, 3.05) is 0 Å². The summed E-state index contributed by atoms with van der Waals surface area (Å²) in [5, 5.41) is 2.20. The Bertz CT molecular complexity index is 905. The second-order valence-electron chi connectivity index (χ2n) is 5.18. The van der Waals surface area contributed by atoms with Crippen molar-refractivity contribution in [2.45, 2.75) is 6.61 Å². The van der Waals surface area contributed by atoms with E-state index in [0.29, 0.717) is 10.6 Å². The summed E-state index contributed by atoms with van der Waals surface area (Å²) in [5.74, 6) is -1.40. The first-order valence-electron chi connectivity index (χ1n) is 7.30. The van der Waals surface area contributed by atoms with Crippen molar-refractivity contribution in [1.82, 2.24) is 4.98 Å². The maximum atomic E-state index is 12.9. The fourth-order valence-corrected chi connectivity index (χ4v) is 2.88. The molecule has 3 rings (SSSR count). The number of carbonyl (C=O) groups excluding carboxylic acids is 2. The number of hydrogen-bond donors (Lipinski definition) is 1. The highest BCUT2D eigenvalue weighted by molar-refractivity contribution is 7.13. The maximum absolute atomic E-state index is 12.9. The third-order valence-corrected chi connectivity index (χ3v) is 4.30. The zero-order chi connectivity index (χ0) is 17.8. The Hall–Kier alpha value is -3.06. The van der Waals surface area contributed by atoms with Gasteiger partial charge in [-0.1, -0.05) is 12.1 Å². The monoisotopic (exact) mass is 356 g/mol. The van der Waals surface area contributed by atoms with E-state index in [-0.39, 0.29) is 18.1 Å². The lowest BCUT2D eigenvalue weighted by molar-refractivity contribution is 0.0466. The zero-order valence-electron chi connectivity index (χ0n) is 12.9. The van der Waals surface area contributed by atoms with Gasteiger partial charge < -0.3 is 10.5 Å². The Kier molecular flexibility index (Phi) is 4.85. The van der Waals surface area contributed by atoms with Crippen LogP contribution in [-0.4, -0.2) is 16.9 Å². The number of amides is 1. The molecule has 0 aliphatic heterocycles. The molecule has 0 atom stereocenters. The van der Waals surface area contributed by atoms with Crippen LogP contribution in [0.25, 0.3) is 10.6 Å². The summed E-state index contributed by atoms with van der Waals surface area (Å²) in [5.41, 5.74) is 7.21. The van der Waals surface area contributed by atoms with Gasteiger partial charge in [-0.15, -0.1) is 11.3 Å². The molecule has 0 saturated heterocycles. The summed E-state index contributed by atoms with van der Waals surface area (Å²) in [6.07, 6.45) is 0. The van der Waals surface area contributed by atoms with Crippen molar-refractivity contribution >= 4 is 23.2 Å². The smallest absolute Gasteiger partial charge is 0.358 e. The molecule has 0 aliphatic rings. The Labute approximate surface area is 146 Å². The lowest BCUT2D eigenvalue weighted by Crippen LogP contribution is -2.11. The Morgan fingerprint density at radius 3 is 2.40 bits per heavy atom. The Morgan fingerprint density at radius 2 is 1.76 bits per heavy atom.